The van der Waals surface area contributed by atoms with Crippen molar-refractivity contribution < 1.29 is 44.6 Å². The number of benzene rings is 2. The smallest absolute Gasteiger partial charge is 0.335 e. The molecule has 2 atom stereocenters. The number of likely N-dealkylation sites (N-methyl/N-ethyl adjacent to an activating group) is 2. The molecule has 1 saturated heterocycles. The van der Waals surface area contributed by atoms with Crippen molar-refractivity contribution in [1.82, 2.24) is 43.8 Å². The van der Waals surface area contributed by atoms with E-state index in [4.69, 9.17) is 42.0 Å². The summed E-state index contributed by atoms with van der Waals surface area (Å²) in [5.41, 5.74) is 12.2. The molecular weight excluding hydrogens is 970 g/mol. The van der Waals surface area contributed by atoms with Crippen LogP contribution in [0, 0.1) is 37.8 Å². The number of carboxylic acid groups (broad SMARTS) is 2. The van der Waals surface area contributed by atoms with Crippen molar-refractivity contribution in [2.45, 2.75) is 59.3 Å². The van der Waals surface area contributed by atoms with Gasteiger partial charge in [-0.1, -0.05) is 83.4 Å². The van der Waals surface area contributed by atoms with Crippen LogP contribution in [0.3, 0.4) is 0 Å². The highest BCUT2D eigenvalue weighted by atomic mass is 35.5. The summed E-state index contributed by atoms with van der Waals surface area (Å²) in [5, 5.41) is 48.2. The van der Waals surface area contributed by atoms with Crippen molar-refractivity contribution in [3.05, 3.63) is 144 Å². The summed E-state index contributed by atoms with van der Waals surface area (Å²) in [7, 11) is 7.12. The first kappa shape index (κ1) is 55.1. The molecule has 0 spiro atoms. The molecule has 1 aliphatic rings. The Bertz CT molecular complexity index is 2910. The maximum Gasteiger partial charge on any atom is 0.335 e. The van der Waals surface area contributed by atoms with Crippen LogP contribution >= 0.6 is 22.9 Å². The van der Waals surface area contributed by atoms with Gasteiger partial charge in [0.25, 0.3) is 5.96 Å². The number of rotatable bonds is 12. The normalized spacial score (nSPS) is 13.2. The molecule has 0 radical (unpaired) electrons. The number of nitrogens with zero attached hydrogens (tertiary/aromatic N) is 10. The van der Waals surface area contributed by atoms with Crippen molar-refractivity contribution in [1.29, 1.82) is 0 Å². The number of guanidine groups is 1. The molecular formula is C49H56ClN11O10S. The number of aryl methyl sites for hydroxylation is 4. The van der Waals surface area contributed by atoms with Crippen molar-refractivity contribution in [2.75, 3.05) is 41.3 Å². The Labute approximate surface area is 423 Å². The molecule has 2 aromatic carbocycles. The van der Waals surface area contributed by atoms with E-state index in [0.29, 0.717) is 36.9 Å². The Hall–Kier alpha value is -7.79. The molecule has 1 aliphatic heterocycles. The number of carboxylic acids is 2. The second kappa shape index (κ2) is 24.9. The number of amides is 2. The van der Waals surface area contributed by atoms with Crippen molar-refractivity contribution in [3.63, 3.8) is 0 Å². The van der Waals surface area contributed by atoms with Gasteiger partial charge in [0.1, 0.15) is 16.4 Å². The number of aliphatic hydroxyl groups is 2. The van der Waals surface area contributed by atoms with Gasteiger partial charge in [0, 0.05) is 75.9 Å². The molecule has 0 aliphatic carbocycles. The Kier molecular flexibility index (Phi) is 19.0. The first-order valence-electron chi connectivity index (χ1n) is 22.2. The number of thiazole rings is 1. The lowest BCUT2D eigenvalue weighted by molar-refractivity contribution is -0.485. The van der Waals surface area contributed by atoms with Crippen LogP contribution < -0.4 is 5.32 Å². The number of nitrogens with one attached hydrogen (secondary N) is 1. The van der Waals surface area contributed by atoms with Gasteiger partial charge in [0.05, 0.1) is 42.2 Å². The third-order valence-electron chi connectivity index (χ3n) is 10.8. The maximum absolute atomic E-state index is 12.3. The van der Waals surface area contributed by atoms with Crippen LogP contribution in [-0.2, 0) is 38.6 Å². The fraction of sp³-hybridized carbons (Fsp3) is 0.306. The van der Waals surface area contributed by atoms with Gasteiger partial charge in [0.2, 0.25) is 11.8 Å². The van der Waals surface area contributed by atoms with Crippen molar-refractivity contribution >= 4 is 63.9 Å². The zero-order chi connectivity index (χ0) is 53.0. The van der Waals surface area contributed by atoms with Crippen molar-refractivity contribution in [3.8, 4) is 22.5 Å². The molecule has 5 N–H and O–H groups in total. The number of pyridine rings is 2. The van der Waals surface area contributed by atoms with Gasteiger partial charge in [0.15, 0.2) is 21.7 Å². The molecule has 5 aromatic heterocycles. The molecule has 23 heteroatoms. The number of fused-ring (bicyclic) bond motifs is 2. The average molecular weight is 1030 g/mol. The van der Waals surface area contributed by atoms with Crippen LogP contribution in [0.2, 0.25) is 4.47 Å². The van der Waals surface area contributed by atoms with Gasteiger partial charge < -0.3 is 49.2 Å². The zero-order valence-electron chi connectivity index (χ0n) is 40.8. The fourth-order valence-corrected chi connectivity index (χ4v) is 7.88. The van der Waals surface area contributed by atoms with E-state index in [-0.39, 0.29) is 17.8 Å². The number of carbonyl (C=O) groups is 4. The Morgan fingerprint density at radius 3 is 1.51 bits per heavy atom. The number of aliphatic hydroxyl groups excluding tert-OH is 2. The molecule has 1 fully saturated rings. The van der Waals surface area contributed by atoms with Gasteiger partial charge >= 0.3 is 11.9 Å². The van der Waals surface area contributed by atoms with Crippen LogP contribution in [0.25, 0.3) is 33.8 Å². The SMILES string of the molecule is Cc1ccc(-c2nc3ccc(C)cn3c2CC(=O)N(C)C)cc1.Cc1ccc(-c2nc3ccc(C)cn3c2CC(=O)N(C)C)cc1.O=C(O)C(O)C(O)C(=O)O.O=[N+]([O-])/N=C1\NCCN1Cc1cnc(Cl)s1. The number of imidazole rings is 2. The van der Waals surface area contributed by atoms with Gasteiger partial charge in [-0.15, -0.1) is 11.3 Å². The lowest BCUT2D eigenvalue weighted by Crippen LogP contribution is -2.39. The first-order valence-corrected chi connectivity index (χ1v) is 23.4. The molecule has 7 aromatic rings. The highest BCUT2D eigenvalue weighted by Crippen LogP contribution is 2.28. The van der Waals surface area contributed by atoms with E-state index in [1.807, 2.05) is 59.3 Å². The molecule has 0 saturated carbocycles. The number of halogens is 1. The minimum absolute atomic E-state index is 0.0710. The molecule has 6 heterocycles. The van der Waals surface area contributed by atoms with Gasteiger partial charge in [-0.2, -0.15) is 0 Å². The maximum atomic E-state index is 12.3. The van der Waals surface area contributed by atoms with Crippen LogP contribution in [0.15, 0.2) is 96.5 Å². The second-order valence-electron chi connectivity index (χ2n) is 17.0. The molecule has 380 valence electrons. The summed E-state index contributed by atoms with van der Waals surface area (Å²) in [6.45, 7) is 10.1. The Morgan fingerprint density at radius 1 is 0.736 bits per heavy atom. The van der Waals surface area contributed by atoms with Gasteiger partial charge in [-0.05, 0) is 51.0 Å². The lowest BCUT2D eigenvalue weighted by atomic mass is 10.1. The molecule has 2 amide bonds. The van der Waals surface area contributed by atoms with Crippen LogP contribution in [-0.4, -0.2) is 147 Å². The van der Waals surface area contributed by atoms with Crippen molar-refractivity contribution in [2.24, 2.45) is 5.10 Å². The zero-order valence-corrected chi connectivity index (χ0v) is 42.4. The second-order valence-corrected chi connectivity index (χ2v) is 18.7. The van der Waals surface area contributed by atoms with E-state index >= 15 is 0 Å². The van der Waals surface area contributed by atoms with Crippen LogP contribution in [0.4, 0.5) is 0 Å². The van der Waals surface area contributed by atoms with E-state index in [2.05, 4.69) is 77.8 Å². The number of carbonyl (C=O) groups excluding carboxylic acids is 2. The summed E-state index contributed by atoms with van der Waals surface area (Å²) >= 11 is 7.06. The van der Waals surface area contributed by atoms with E-state index in [1.165, 1.54) is 22.5 Å². The van der Waals surface area contributed by atoms with E-state index in [9.17, 15) is 29.3 Å². The number of hydrazone groups is 1. The standard InChI is InChI=1S/2C19H21N3O.C7H8ClN5O2S.C4H6O6/c2*1-13-5-8-15(9-6-13)19-16(11-18(23)21(3)4)22-12-14(2)7-10-17(22)20-19;8-6-10-3-5(16-6)4-12-2-1-9-7(12)11-13(14)15;5-1(3(7)8)2(6)4(9)10/h2*5-10,12H,11H2,1-4H3;3H,1-2,4H2,(H,9,11);1-2,5-6H,(H,7,8)(H,9,10). The van der Waals surface area contributed by atoms with E-state index < -0.39 is 29.2 Å². The van der Waals surface area contributed by atoms with Crippen LogP contribution in [0.5, 0.6) is 0 Å². The quantitative estimate of drug-likeness (QED) is 0.0785. The topological polar surface area (TPSA) is 274 Å². The highest BCUT2D eigenvalue weighted by molar-refractivity contribution is 7.15. The first-order chi connectivity index (χ1) is 34.0. The largest absolute Gasteiger partial charge is 0.479 e. The number of hydrogen-bond acceptors (Lipinski definition) is 12. The highest BCUT2D eigenvalue weighted by Gasteiger charge is 2.29. The molecule has 2 unspecified atom stereocenters. The predicted molar refractivity (Wildman–Crippen MR) is 272 cm³/mol. The fourth-order valence-electron chi connectivity index (χ4n) is 6.89. The number of aliphatic carboxylic acids is 2. The van der Waals surface area contributed by atoms with E-state index in [0.717, 1.165) is 61.2 Å². The summed E-state index contributed by atoms with van der Waals surface area (Å²) < 4.78 is 4.53. The summed E-state index contributed by atoms with van der Waals surface area (Å²) in [6, 6.07) is 24.6. The summed E-state index contributed by atoms with van der Waals surface area (Å²) in [6.07, 6.45) is 1.88. The Morgan fingerprint density at radius 2 is 1.15 bits per heavy atom. The predicted octanol–water partition coefficient (Wildman–Crippen LogP) is 5.12. The third kappa shape index (κ3) is 14.9. The summed E-state index contributed by atoms with van der Waals surface area (Å²) in [5.74, 6) is -3.11. The van der Waals surface area contributed by atoms with Gasteiger partial charge in [-0.25, -0.2) is 34.7 Å². The Balaban J connectivity index is 0.000000186. The number of hydrogen-bond donors (Lipinski definition) is 5. The van der Waals surface area contributed by atoms with Crippen LogP contribution in [0.1, 0.15) is 38.5 Å². The summed E-state index contributed by atoms with van der Waals surface area (Å²) in [4.78, 5) is 73.7. The molecule has 21 nitrogen and oxygen atoms in total. The average Bonchev–Trinajstić information content (AvgIpc) is 4.12. The number of nitro groups is 1. The lowest BCUT2D eigenvalue weighted by Gasteiger charge is -2.13. The minimum Gasteiger partial charge on any atom is -0.479 e. The van der Waals surface area contributed by atoms with Gasteiger partial charge in [-0.3, -0.25) is 9.59 Å². The van der Waals surface area contributed by atoms with E-state index in [1.54, 1.807) is 49.1 Å². The molecule has 0 bridgehead atoms. The number of aromatic nitrogens is 5. The minimum atomic E-state index is -2.27. The molecule has 8 rings (SSSR count). The molecule has 72 heavy (non-hydrogen) atoms. The monoisotopic (exact) mass is 1030 g/mol. The third-order valence-corrected chi connectivity index (χ3v) is 11.9.